The molecule has 1 aliphatic carbocycles. The molecule has 2 atom stereocenters. The second kappa shape index (κ2) is 5.63. The van der Waals surface area contributed by atoms with Gasteiger partial charge in [-0.05, 0) is 36.2 Å². The van der Waals surface area contributed by atoms with Gasteiger partial charge in [-0.3, -0.25) is 9.36 Å². The van der Waals surface area contributed by atoms with E-state index in [9.17, 15) is 14.0 Å². The highest BCUT2D eigenvalue weighted by atomic mass is 19.1. The van der Waals surface area contributed by atoms with Gasteiger partial charge in [0.1, 0.15) is 12.4 Å². The normalized spacial score (nSPS) is 19.4. The third-order valence-corrected chi connectivity index (χ3v) is 4.29. The molecule has 1 aliphatic rings. The van der Waals surface area contributed by atoms with Crippen molar-refractivity contribution in [1.82, 2.24) is 9.88 Å². The summed E-state index contributed by atoms with van der Waals surface area (Å²) in [6, 6.07) is 13.4. The highest BCUT2D eigenvalue weighted by Gasteiger charge is 2.39. The number of hydrogen-bond donors (Lipinski definition) is 1. The molecule has 1 N–H and O–H groups in total. The molecular weight excluding hydrogens is 311 g/mol. The molecule has 122 valence electrons. The van der Waals surface area contributed by atoms with Crippen molar-refractivity contribution in [3.63, 3.8) is 0 Å². The van der Waals surface area contributed by atoms with E-state index in [1.165, 1.54) is 16.7 Å². The Morgan fingerprint density at radius 3 is 2.92 bits per heavy atom. The van der Waals surface area contributed by atoms with Crippen molar-refractivity contribution in [2.75, 3.05) is 0 Å². The van der Waals surface area contributed by atoms with Gasteiger partial charge in [-0.2, -0.15) is 0 Å². The molecule has 3 aromatic rings. The Bertz CT molecular complexity index is 976. The van der Waals surface area contributed by atoms with Crippen LogP contribution in [0.4, 0.5) is 4.39 Å². The largest absolute Gasteiger partial charge is 0.420 e. The third-order valence-electron chi connectivity index (χ3n) is 4.29. The third kappa shape index (κ3) is 2.71. The molecule has 1 amide bonds. The van der Waals surface area contributed by atoms with Crippen LogP contribution < -0.4 is 11.1 Å². The number of benzene rings is 2. The van der Waals surface area contributed by atoms with E-state index in [1.807, 2.05) is 6.07 Å². The number of carbonyl (C=O) groups is 1. The molecule has 5 nitrogen and oxygen atoms in total. The number of aromatic nitrogens is 1. The second-order valence-corrected chi connectivity index (χ2v) is 5.99. The molecule has 0 saturated heterocycles. The van der Waals surface area contributed by atoms with Gasteiger partial charge in [-0.15, -0.1) is 0 Å². The summed E-state index contributed by atoms with van der Waals surface area (Å²) in [5.74, 6) is -0.959. The Balaban J connectivity index is 1.44. The zero-order chi connectivity index (χ0) is 16.7. The number of fused-ring (bicyclic) bond motifs is 1. The number of nitrogens with zero attached hydrogens (tertiary/aromatic N) is 1. The average Bonchev–Trinajstić information content (AvgIpc) is 3.25. The fourth-order valence-electron chi connectivity index (χ4n) is 3.02. The van der Waals surface area contributed by atoms with Crippen LogP contribution in [0.25, 0.3) is 11.1 Å². The number of rotatable bonds is 4. The Hall–Kier alpha value is -2.89. The highest BCUT2D eigenvalue weighted by molar-refractivity contribution is 5.80. The standard InChI is InChI=1S/C18H15FN2O3/c19-12-5-3-4-11(8-12)13-9-14(13)20-17(22)10-21-15-6-1-2-7-16(15)24-18(21)23/h1-8,13-14H,9-10H2,(H,20,22)/t13-,14+/m1/s1. The number of carbonyl (C=O) groups excluding carboxylic acids is 1. The van der Waals surface area contributed by atoms with Gasteiger partial charge >= 0.3 is 5.76 Å². The molecular formula is C18H15FN2O3. The molecule has 1 aromatic heterocycles. The van der Waals surface area contributed by atoms with E-state index in [2.05, 4.69) is 5.32 Å². The number of hydrogen-bond acceptors (Lipinski definition) is 3. The Morgan fingerprint density at radius 1 is 1.25 bits per heavy atom. The number of nitrogens with one attached hydrogen (secondary N) is 1. The first-order chi connectivity index (χ1) is 11.6. The minimum absolute atomic E-state index is 0.0202. The molecule has 0 unspecified atom stereocenters. The van der Waals surface area contributed by atoms with E-state index in [-0.39, 0.29) is 30.2 Å². The fraction of sp³-hybridized carbons (Fsp3) is 0.222. The van der Waals surface area contributed by atoms with Crippen LogP contribution in [0.5, 0.6) is 0 Å². The molecule has 24 heavy (non-hydrogen) atoms. The summed E-state index contributed by atoms with van der Waals surface area (Å²) in [5, 5.41) is 2.89. The number of halogens is 1. The van der Waals surface area contributed by atoms with Gasteiger partial charge in [0.15, 0.2) is 5.58 Å². The molecule has 2 aromatic carbocycles. The lowest BCUT2D eigenvalue weighted by Gasteiger charge is -2.06. The molecule has 1 fully saturated rings. The predicted molar refractivity (Wildman–Crippen MR) is 86.2 cm³/mol. The van der Waals surface area contributed by atoms with Crippen molar-refractivity contribution in [2.24, 2.45) is 0 Å². The predicted octanol–water partition coefficient (Wildman–Crippen LogP) is 2.41. The van der Waals surface area contributed by atoms with Gasteiger partial charge in [0, 0.05) is 12.0 Å². The smallest absolute Gasteiger partial charge is 0.408 e. The maximum absolute atomic E-state index is 13.3. The summed E-state index contributed by atoms with van der Waals surface area (Å²) in [5.41, 5.74) is 1.93. The number of oxazole rings is 1. The molecule has 0 bridgehead atoms. The summed E-state index contributed by atoms with van der Waals surface area (Å²) in [4.78, 5) is 24.1. The van der Waals surface area contributed by atoms with E-state index >= 15 is 0 Å². The lowest BCUT2D eigenvalue weighted by molar-refractivity contribution is -0.121. The Labute approximate surface area is 136 Å². The first kappa shape index (κ1) is 14.7. The monoisotopic (exact) mass is 326 g/mol. The van der Waals surface area contributed by atoms with Crippen molar-refractivity contribution in [3.05, 3.63) is 70.5 Å². The highest BCUT2D eigenvalue weighted by Crippen LogP contribution is 2.40. The summed E-state index contributed by atoms with van der Waals surface area (Å²) in [6.07, 6.45) is 0.774. The van der Waals surface area contributed by atoms with Crippen LogP contribution in [-0.2, 0) is 11.3 Å². The molecule has 1 heterocycles. The Kier molecular flexibility index (Phi) is 3.45. The van der Waals surface area contributed by atoms with Crippen molar-refractivity contribution < 1.29 is 13.6 Å². The number of amides is 1. The van der Waals surface area contributed by atoms with Crippen molar-refractivity contribution in [1.29, 1.82) is 0 Å². The van der Waals surface area contributed by atoms with E-state index < -0.39 is 5.76 Å². The van der Waals surface area contributed by atoms with Crippen LogP contribution in [0.3, 0.4) is 0 Å². The summed E-state index contributed by atoms with van der Waals surface area (Å²) >= 11 is 0. The van der Waals surface area contributed by atoms with Crippen molar-refractivity contribution >= 4 is 17.0 Å². The van der Waals surface area contributed by atoms with Gasteiger partial charge in [-0.1, -0.05) is 24.3 Å². The van der Waals surface area contributed by atoms with Crippen LogP contribution in [0.2, 0.25) is 0 Å². The SMILES string of the molecule is O=C(Cn1c(=O)oc2ccccc21)N[C@H]1C[C@@H]1c1cccc(F)c1. The average molecular weight is 326 g/mol. The van der Waals surface area contributed by atoms with E-state index in [0.29, 0.717) is 11.1 Å². The maximum Gasteiger partial charge on any atom is 0.420 e. The van der Waals surface area contributed by atoms with Crippen molar-refractivity contribution in [3.8, 4) is 0 Å². The molecule has 0 spiro atoms. The number of para-hydroxylation sites is 2. The maximum atomic E-state index is 13.3. The van der Waals surface area contributed by atoms with Crippen LogP contribution in [0, 0.1) is 5.82 Å². The van der Waals surface area contributed by atoms with E-state index in [1.54, 1.807) is 30.3 Å². The van der Waals surface area contributed by atoms with Crippen LogP contribution >= 0.6 is 0 Å². The van der Waals surface area contributed by atoms with Crippen LogP contribution in [0.1, 0.15) is 17.9 Å². The Morgan fingerprint density at radius 2 is 2.08 bits per heavy atom. The van der Waals surface area contributed by atoms with Gasteiger partial charge in [0.2, 0.25) is 5.91 Å². The van der Waals surface area contributed by atoms with Gasteiger partial charge in [0.05, 0.1) is 5.52 Å². The first-order valence-electron chi connectivity index (χ1n) is 7.75. The zero-order valence-corrected chi connectivity index (χ0v) is 12.7. The van der Waals surface area contributed by atoms with Gasteiger partial charge in [-0.25, -0.2) is 9.18 Å². The zero-order valence-electron chi connectivity index (χ0n) is 12.7. The van der Waals surface area contributed by atoms with E-state index in [0.717, 1.165) is 12.0 Å². The lowest BCUT2D eigenvalue weighted by atomic mass is 10.1. The second-order valence-electron chi connectivity index (χ2n) is 5.99. The van der Waals surface area contributed by atoms with Crippen molar-refractivity contribution in [2.45, 2.75) is 24.9 Å². The minimum Gasteiger partial charge on any atom is -0.408 e. The molecule has 0 aliphatic heterocycles. The summed E-state index contributed by atoms with van der Waals surface area (Å²) in [7, 11) is 0. The lowest BCUT2D eigenvalue weighted by Crippen LogP contribution is -2.32. The summed E-state index contributed by atoms with van der Waals surface area (Å²) < 4.78 is 19.7. The van der Waals surface area contributed by atoms with Crippen LogP contribution in [0.15, 0.2) is 57.7 Å². The first-order valence-corrected chi connectivity index (χ1v) is 7.75. The van der Waals surface area contributed by atoms with Crippen LogP contribution in [-0.4, -0.2) is 16.5 Å². The fourth-order valence-corrected chi connectivity index (χ4v) is 3.02. The van der Waals surface area contributed by atoms with Gasteiger partial charge in [0.25, 0.3) is 0 Å². The molecule has 4 rings (SSSR count). The molecule has 1 saturated carbocycles. The van der Waals surface area contributed by atoms with E-state index in [4.69, 9.17) is 4.42 Å². The summed E-state index contributed by atoms with van der Waals surface area (Å²) in [6.45, 7) is -0.0950. The molecule has 0 radical (unpaired) electrons. The topological polar surface area (TPSA) is 64.2 Å². The molecule has 6 heteroatoms. The van der Waals surface area contributed by atoms with Gasteiger partial charge < -0.3 is 9.73 Å². The minimum atomic E-state index is -0.552. The quantitative estimate of drug-likeness (QED) is 0.801.